The lowest BCUT2D eigenvalue weighted by atomic mass is 10.1. The number of hydrogen-bond donors (Lipinski definition) is 0. The standard InChI is InChI=1S/C20H26ClN4O10P/c1-6-31-36(29,32-7-2)18-14-17(23-20(21)24-18)25(9-22-14)19-16(34-12(5)28)15(33-11(4)27)13(35-19)8-30-10(3)26/h9,13,15-16,19H,6-8H2,1-5H3/t13-,15-,16-,19-/m1/s1. The van der Waals surface area contributed by atoms with Crippen LogP contribution in [0.4, 0.5) is 0 Å². The van der Waals surface area contributed by atoms with E-state index in [9.17, 15) is 18.9 Å². The number of hydrogen-bond acceptors (Lipinski definition) is 13. The number of carbonyl (C=O) groups is 3. The third-order valence-electron chi connectivity index (χ3n) is 4.85. The van der Waals surface area contributed by atoms with Crippen LogP contribution in [0, 0.1) is 0 Å². The molecule has 0 N–H and O–H groups in total. The van der Waals surface area contributed by atoms with E-state index >= 15 is 0 Å². The maximum atomic E-state index is 13.4. The Bertz CT molecular complexity index is 1180. The van der Waals surface area contributed by atoms with E-state index in [1.165, 1.54) is 31.7 Å². The van der Waals surface area contributed by atoms with Gasteiger partial charge in [-0.3, -0.25) is 23.5 Å². The van der Waals surface area contributed by atoms with Crippen LogP contribution in [0.25, 0.3) is 11.2 Å². The molecule has 1 saturated heterocycles. The van der Waals surface area contributed by atoms with Crippen LogP contribution in [0.5, 0.6) is 0 Å². The second-order valence-electron chi connectivity index (χ2n) is 7.49. The van der Waals surface area contributed by atoms with Crippen molar-refractivity contribution in [3.63, 3.8) is 0 Å². The van der Waals surface area contributed by atoms with Gasteiger partial charge in [0, 0.05) is 20.8 Å². The zero-order valence-electron chi connectivity index (χ0n) is 20.2. The van der Waals surface area contributed by atoms with Crippen molar-refractivity contribution in [2.75, 3.05) is 19.8 Å². The molecule has 3 rings (SSSR count). The average Bonchev–Trinajstić information content (AvgIpc) is 3.32. The summed E-state index contributed by atoms with van der Waals surface area (Å²) >= 11 is 6.15. The summed E-state index contributed by atoms with van der Waals surface area (Å²) in [5.41, 5.74) is -0.0567. The molecule has 3 heterocycles. The van der Waals surface area contributed by atoms with E-state index in [0.29, 0.717) is 0 Å². The molecular formula is C20H26ClN4O10P. The minimum absolute atomic E-state index is 0.0438. The lowest BCUT2D eigenvalue weighted by molar-refractivity contribution is -0.166. The molecule has 0 unspecified atom stereocenters. The normalized spacial score (nSPS) is 21.9. The second kappa shape index (κ2) is 11.6. The van der Waals surface area contributed by atoms with Gasteiger partial charge in [0.25, 0.3) is 0 Å². The van der Waals surface area contributed by atoms with Crippen molar-refractivity contribution in [3.8, 4) is 0 Å². The summed E-state index contributed by atoms with van der Waals surface area (Å²) in [4.78, 5) is 47.6. The zero-order valence-corrected chi connectivity index (χ0v) is 21.9. The molecule has 1 aliphatic heterocycles. The summed E-state index contributed by atoms with van der Waals surface area (Å²) in [5.74, 6) is -1.95. The average molecular weight is 549 g/mol. The number of nitrogens with zero attached hydrogens (tertiary/aromatic N) is 4. The zero-order chi connectivity index (χ0) is 26.6. The molecule has 0 amide bonds. The first-order valence-corrected chi connectivity index (χ1v) is 12.9. The summed E-state index contributed by atoms with van der Waals surface area (Å²) in [6.07, 6.45) is -3.20. The Morgan fingerprint density at radius 3 is 2.19 bits per heavy atom. The van der Waals surface area contributed by atoms with E-state index in [1.807, 2.05) is 0 Å². The Hall–Kier alpha value is -2.64. The Morgan fingerprint density at radius 1 is 1.03 bits per heavy atom. The Labute approximate surface area is 211 Å². The van der Waals surface area contributed by atoms with Gasteiger partial charge in [-0.2, -0.15) is 4.98 Å². The molecule has 0 bridgehead atoms. The van der Waals surface area contributed by atoms with Gasteiger partial charge in [0.2, 0.25) is 5.28 Å². The summed E-state index contributed by atoms with van der Waals surface area (Å²) in [5, 5.41) is -0.283. The van der Waals surface area contributed by atoms with Crippen molar-refractivity contribution < 1.29 is 46.9 Å². The molecule has 4 atom stereocenters. The van der Waals surface area contributed by atoms with Crippen molar-refractivity contribution >= 4 is 53.7 Å². The van der Waals surface area contributed by atoms with Gasteiger partial charge in [0.1, 0.15) is 18.2 Å². The lowest BCUT2D eigenvalue weighted by Gasteiger charge is -2.23. The van der Waals surface area contributed by atoms with Gasteiger partial charge in [0.15, 0.2) is 29.5 Å². The van der Waals surface area contributed by atoms with E-state index in [2.05, 4.69) is 15.0 Å². The van der Waals surface area contributed by atoms with E-state index in [4.69, 9.17) is 39.6 Å². The molecule has 1 fully saturated rings. The first kappa shape index (κ1) is 27.9. The fourth-order valence-corrected chi connectivity index (χ4v) is 5.53. The van der Waals surface area contributed by atoms with E-state index in [-0.39, 0.29) is 41.7 Å². The molecular weight excluding hydrogens is 523 g/mol. The predicted molar refractivity (Wildman–Crippen MR) is 122 cm³/mol. The van der Waals surface area contributed by atoms with Crippen LogP contribution < -0.4 is 5.44 Å². The third-order valence-corrected chi connectivity index (χ3v) is 7.04. The Morgan fingerprint density at radius 2 is 1.64 bits per heavy atom. The van der Waals surface area contributed by atoms with E-state index in [1.54, 1.807) is 13.8 Å². The SMILES string of the molecule is CCOP(=O)(OCC)c1nc(Cl)nc2c1ncn2[C@@H]1O[C@H](COC(C)=O)[C@@H](OC(C)=O)[C@H]1OC(C)=O. The van der Waals surface area contributed by atoms with Crippen LogP contribution in [0.2, 0.25) is 5.28 Å². The quantitative estimate of drug-likeness (QED) is 0.182. The summed E-state index contributed by atoms with van der Waals surface area (Å²) in [7, 11) is -3.93. The number of imidazole rings is 1. The maximum Gasteiger partial charge on any atom is 0.382 e. The van der Waals surface area contributed by atoms with Crippen molar-refractivity contribution in [2.45, 2.75) is 59.2 Å². The number of ether oxygens (including phenoxy) is 4. The molecule has 1 aliphatic rings. The first-order valence-electron chi connectivity index (χ1n) is 10.9. The Kier molecular flexibility index (Phi) is 9.01. The summed E-state index contributed by atoms with van der Waals surface area (Å²) < 4.78 is 47.4. The molecule has 0 aliphatic carbocycles. The van der Waals surface area contributed by atoms with Crippen LogP contribution in [-0.4, -0.2) is 75.6 Å². The highest BCUT2D eigenvalue weighted by Gasteiger charge is 2.51. The third kappa shape index (κ3) is 6.01. The smallest absolute Gasteiger partial charge is 0.382 e. The van der Waals surface area contributed by atoms with Crippen LogP contribution in [0.1, 0.15) is 40.8 Å². The number of carbonyl (C=O) groups excluding carboxylic acids is 3. The molecule has 0 aromatic carbocycles. The molecule has 0 saturated carbocycles. The van der Waals surface area contributed by atoms with Crippen LogP contribution in [0.15, 0.2) is 6.33 Å². The van der Waals surface area contributed by atoms with Gasteiger partial charge in [-0.25, -0.2) is 9.97 Å². The number of esters is 3. The molecule has 2 aromatic rings. The van der Waals surface area contributed by atoms with Crippen LogP contribution in [0.3, 0.4) is 0 Å². The van der Waals surface area contributed by atoms with Crippen molar-refractivity contribution in [1.82, 2.24) is 19.5 Å². The van der Waals surface area contributed by atoms with E-state index in [0.717, 1.165) is 0 Å². The van der Waals surface area contributed by atoms with Gasteiger partial charge in [0.05, 0.1) is 19.5 Å². The Balaban J connectivity index is 2.14. The second-order valence-corrected chi connectivity index (χ2v) is 9.76. The molecule has 14 nitrogen and oxygen atoms in total. The number of aromatic nitrogens is 4. The minimum atomic E-state index is -3.93. The number of fused-ring (bicyclic) bond motifs is 1. The van der Waals surface area contributed by atoms with Gasteiger partial charge < -0.3 is 28.0 Å². The largest absolute Gasteiger partial charge is 0.463 e. The van der Waals surface area contributed by atoms with Gasteiger partial charge in [-0.15, -0.1) is 0 Å². The molecule has 36 heavy (non-hydrogen) atoms. The summed E-state index contributed by atoms with van der Waals surface area (Å²) in [6, 6.07) is 0. The molecule has 0 spiro atoms. The van der Waals surface area contributed by atoms with Crippen molar-refractivity contribution in [3.05, 3.63) is 11.6 Å². The van der Waals surface area contributed by atoms with Gasteiger partial charge in [-0.1, -0.05) is 0 Å². The van der Waals surface area contributed by atoms with Crippen molar-refractivity contribution in [2.24, 2.45) is 0 Å². The maximum absolute atomic E-state index is 13.4. The molecule has 16 heteroatoms. The molecule has 0 radical (unpaired) electrons. The highest BCUT2D eigenvalue weighted by Crippen LogP contribution is 2.48. The highest BCUT2D eigenvalue weighted by molar-refractivity contribution is 7.62. The summed E-state index contributed by atoms with van der Waals surface area (Å²) in [6.45, 7) is 6.65. The molecule has 2 aromatic heterocycles. The topological polar surface area (TPSA) is 167 Å². The minimum Gasteiger partial charge on any atom is -0.463 e. The van der Waals surface area contributed by atoms with Gasteiger partial charge in [-0.05, 0) is 25.4 Å². The number of halogens is 1. The lowest BCUT2D eigenvalue weighted by Crippen LogP contribution is -2.40. The van der Waals surface area contributed by atoms with Crippen LogP contribution >= 0.6 is 19.2 Å². The van der Waals surface area contributed by atoms with Crippen molar-refractivity contribution in [1.29, 1.82) is 0 Å². The predicted octanol–water partition coefficient (Wildman–Crippen LogP) is 1.69. The first-order chi connectivity index (χ1) is 17.0. The number of rotatable bonds is 10. The monoisotopic (exact) mass is 548 g/mol. The highest BCUT2D eigenvalue weighted by atomic mass is 35.5. The molecule has 198 valence electrons. The van der Waals surface area contributed by atoms with Crippen LogP contribution in [-0.2, 0) is 46.9 Å². The fraction of sp³-hybridized carbons (Fsp3) is 0.600. The fourth-order valence-electron chi connectivity index (χ4n) is 3.67. The van der Waals surface area contributed by atoms with E-state index < -0.39 is 50.0 Å². The van der Waals surface area contributed by atoms with Gasteiger partial charge >= 0.3 is 25.5 Å².